The zero-order chi connectivity index (χ0) is 15.7. The van der Waals surface area contributed by atoms with Crippen molar-refractivity contribution in [1.29, 1.82) is 0 Å². The summed E-state index contributed by atoms with van der Waals surface area (Å²) in [5.74, 6) is 0.138. The Morgan fingerprint density at radius 2 is 1.82 bits per heavy atom. The Kier molecular flexibility index (Phi) is 4.13. The van der Waals surface area contributed by atoms with E-state index >= 15 is 0 Å². The number of aliphatic hydroxyl groups is 1. The van der Waals surface area contributed by atoms with Crippen molar-refractivity contribution in [2.75, 3.05) is 31.1 Å². The molecule has 0 radical (unpaired) electrons. The summed E-state index contributed by atoms with van der Waals surface area (Å²) < 4.78 is 0. The Bertz CT molecular complexity index is 533. The van der Waals surface area contributed by atoms with E-state index in [1.54, 1.807) is 4.90 Å². The average Bonchev–Trinajstić information content (AvgIpc) is 2.81. The molecule has 0 spiro atoms. The molecule has 1 aromatic carbocycles. The molecule has 4 heteroatoms. The Labute approximate surface area is 132 Å². The first-order chi connectivity index (χ1) is 10.5. The molecule has 2 aliphatic heterocycles. The lowest BCUT2D eigenvalue weighted by atomic mass is 9.95. The summed E-state index contributed by atoms with van der Waals surface area (Å²) in [4.78, 5) is 16.7. The van der Waals surface area contributed by atoms with Crippen molar-refractivity contribution in [2.24, 2.45) is 5.92 Å². The quantitative estimate of drug-likeness (QED) is 0.913. The van der Waals surface area contributed by atoms with Crippen LogP contribution in [0.1, 0.15) is 43.5 Å². The minimum absolute atomic E-state index is 0.0230. The lowest BCUT2D eigenvalue weighted by Gasteiger charge is -2.29. The predicted octanol–water partition coefficient (Wildman–Crippen LogP) is 2.52. The molecular weight excluding hydrogens is 276 g/mol. The third-order valence-electron chi connectivity index (χ3n) is 5.19. The molecule has 22 heavy (non-hydrogen) atoms. The number of β-amino-alcohol motifs (C(OH)–C–C–N with tert-alkyl or cyclic N) is 1. The first kappa shape index (κ1) is 15.3. The first-order valence-corrected chi connectivity index (χ1v) is 8.34. The fourth-order valence-electron chi connectivity index (χ4n) is 3.44. The third kappa shape index (κ3) is 2.98. The number of benzene rings is 1. The number of anilines is 1. The summed E-state index contributed by atoms with van der Waals surface area (Å²) in [6.07, 6.45) is 3.82. The second-order valence-corrected chi connectivity index (χ2v) is 7.04. The summed E-state index contributed by atoms with van der Waals surface area (Å²) >= 11 is 0. The van der Waals surface area contributed by atoms with Gasteiger partial charge in [0, 0.05) is 43.3 Å². The summed E-state index contributed by atoms with van der Waals surface area (Å²) in [7, 11) is 0. The van der Waals surface area contributed by atoms with Gasteiger partial charge in [0.05, 0.1) is 5.60 Å². The number of hydrogen-bond acceptors (Lipinski definition) is 3. The number of carbonyl (C=O) groups excluding carboxylic acids is 1. The number of likely N-dealkylation sites (tertiary alicyclic amines) is 1. The molecule has 0 aliphatic carbocycles. The standard InChI is InChI=1S/C18H26N2O2/c1-14-12-20(13-18(14,2)22)17(21)15-6-8-16(9-7-15)19-10-4-3-5-11-19/h6-9,14,22H,3-5,10-13H2,1-2H3/t14-,18+/m1/s1. The topological polar surface area (TPSA) is 43.8 Å². The lowest BCUT2D eigenvalue weighted by Crippen LogP contribution is -2.35. The van der Waals surface area contributed by atoms with Crippen LogP contribution in [-0.2, 0) is 0 Å². The van der Waals surface area contributed by atoms with Gasteiger partial charge in [-0.05, 0) is 50.5 Å². The van der Waals surface area contributed by atoms with Crippen LogP contribution in [0.4, 0.5) is 5.69 Å². The Morgan fingerprint density at radius 1 is 1.18 bits per heavy atom. The Hall–Kier alpha value is -1.55. The number of amides is 1. The predicted molar refractivity (Wildman–Crippen MR) is 88.2 cm³/mol. The van der Waals surface area contributed by atoms with Crippen LogP contribution in [0.5, 0.6) is 0 Å². The second-order valence-electron chi connectivity index (χ2n) is 7.04. The van der Waals surface area contributed by atoms with Gasteiger partial charge >= 0.3 is 0 Å². The zero-order valence-corrected chi connectivity index (χ0v) is 13.6. The molecule has 0 bridgehead atoms. The van der Waals surface area contributed by atoms with Crippen LogP contribution in [0.25, 0.3) is 0 Å². The summed E-state index contributed by atoms with van der Waals surface area (Å²) in [5.41, 5.74) is 1.15. The third-order valence-corrected chi connectivity index (χ3v) is 5.19. The monoisotopic (exact) mass is 302 g/mol. The molecule has 3 rings (SSSR count). The van der Waals surface area contributed by atoms with Gasteiger partial charge in [0.15, 0.2) is 0 Å². The number of hydrogen-bond donors (Lipinski definition) is 1. The lowest BCUT2D eigenvalue weighted by molar-refractivity contribution is 0.0351. The Morgan fingerprint density at radius 3 is 2.36 bits per heavy atom. The minimum atomic E-state index is -0.774. The second kappa shape index (κ2) is 5.92. The maximum absolute atomic E-state index is 12.6. The van der Waals surface area contributed by atoms with E-state index in [1.807, 2.05) is 26.0 Å². The molecule has 120 valence electrons. The molecule has 2 saturated heterocycles. The van der Waals surface area contributed by atoms with E-state index in [1.165, 1.54) is 24.9 Å². The van der Waals surface area contributed by atoms with Crippen LogP contribution in [0.2, 0.25) is 0 Å². The average molecular weight is 302 g/mol. The van der Waals surface area contributed by atoms with Crippen molar-refractivity contribution in [3.63, 3.8) is 0 Å². The molecule has 2 aliphatic rings. The highest BCUT2D eigenvalue weighted by Crippen LogP contribution is 2.28. The van der Waals surface area contributed by atoms with Crippen LogP contribution in [-0.4, -0.2) is 47.7 Å². The van der Waals surface area contributed by atoms with Crippen LogP contribution in [0.3, 0.4) is 0 Å². The highest BCUT2D eigenvalue weighted by Gasteiger charge is 2.40. The van der Waals surface area contributed by atoms with Gasteiger partial charge < -0.3 is 14.9 Å². The molecular formula is C18H26N2O2. The van der Waals surface area contributed by atoms with E-state index in [0.29, 0.717) is 18.7 Å². The van der Waals surface area contributed by atoms with Gasteiger partial charge in [0.2, 0.25) is 0 Å². The van der Waals surface area contributed by atoms with Crippen molar-refractivity contribution < 1.29 is 9.90 Å². The molecule has 1 amide bonds. The van der Waals surface area contributed by atoms with Gasteiger partial charge in [-0.1, -0.05) is 6.92 Å². The van der Waals surface area contributed by atoms with E-state index in [4.69, 9.17) is 0 Å². The van der Waals surface area contributed by atoms with E-state index in [9.17, 15) is 9.90 Å². The van der Waals surface area contributed by atoms with Crippen LogP contribution in [0, 0.1) is 5.92 Å². The largest absolute Gasteiger partial charge is 0.388 e. The zero-order valence-electron chi connectivity index (χ0n) is 13.6. The fourth-order valence-corrected chi connectivity index (χ4v) is 3.44. The van der Waals surface area contributed by atoms with Crippen LogP contribution < -0.4 is 4.90 Å². The van der Waals surface area contributed by atoms with Gasteiger partial charge in [-0.2, -0.15) is 0 Å². The number of nitrogens with zero attached hydrogens (tertiary/aromatic N) is 2. The van der Waals surface area contributed by atoms with Crippen molar-refractivity contribution in [3.8, 4) is 0 Å². The van der Waals surface area contributed by atoms with Crippen molar-refractivity contribution >= 4 is 11.6 Å². The number of piperidine rings is 1. The first-order valence-electron chi connectivity index (χ1n) is 8.34. The maximum Gasteiger partial charge on any atom is 0.253 e. The molecule has 0 saturated carbocycles. The van der Waals surface area contributed by atoms with Gasteiger partial charge in [-0.15, -0.1) is 0 Å². The molecule has 1 aromatic rings. The van der Waals surface area contributed by atoms with Crippen molar-refractivity contribution in [2.45, 2.75) is 38.7 Å². The van der Waals surface area contributed by atoms with Gasteiger partial charge in [-0.3, -0.25) is 4.79 Å². The van der Waals surface area contributed by atoms with E-state index < -0.39 is 5.60 Å². The summed E-state index contributed by atoms with van der Waals surface area (Å²) in [6, 6.07) is 7.94. The molecule has 1 N–H and O–H groups in total. The molecule has 2 heterocycles. The van der Waals surface area contributed by atoms with Crippen molar-refractivity contribution in [1.82, 2.24) is 4.90 Å². The number of carbonyl (C=O) groups is 1. The van der Waals surface area contributed by atoms with Gasteiger partial charge in [0.25, 0.3) is 5.91 Å². The maximum atomic E-state index is 12.6. The molecule has 2 atom stereocenters. The normalized spacial score (nSPS) is 29.0. The number of rotatable bonds is 2. The van der Waals surface area contributed by atoms with E-state index in [0.717, 1.165) is 13.1 Å². The van der Waals surface area contributed by atoms with E-state index in [-0.39, 0.29) is 11.8 Å². The molecule has 2 fully saturated rings. The SMILES string of the molecule is C[C@@H]1CN(C(=O)c2ccc(N3CCCCC3)cc2)C[C@]1(C)O. The highest BCUT2D eigenvalue weighted by atomic mass is 16.3. The molecule has 0 unspecified atom stereocenters. The Balaban J connectivity index is 1.69. The van der Waals surface area contributed by atoms with Gasteiger partial charge in [0.1, 0.15) is 0 Å². The highest BCUT2D eigenvalue weighted by molar-refractivity contribution is 5.94. The van der Waals surface area contributed by atoms with Crippen LogP contribution in [0.15, 0.2) is 24.3 Å². The summed E-state index contributed by atoms with van der Waals surface area (Å²) in [6.45, 7) is 7.07. The molecule has 4 nitrogen and oxygen atoms in total. The van der Waals surface area contributed by atoms with E-state index in [2.05, 4.69) is 17.0 Å². The smallest absolute Gasteiger partial charge is 0.253 e. The fraction of sp³-hybridized carbons (Fsp3) is 0.611. The van der Waals surface area contributed by atoms with Crippen LogP contribution >= 0.6 is 0 Å². The summed E-state index contributed by atoms with van der Waals surface area (Å²) in [5, 5.41) is 10.2. The molecule has 0 aromatic heterocycles. The minimum Gasteiger partial charge on any atom is -0.388 e. The van der Waals surface area contributed by atoms with Crippen molar-refractivity contribution in [3.05, 3.63) is 29.8 Å². The van der Waals surface area contributed by atoms with Gasteiger partial charge in [-0.25, -0.2) is 0 Å².